The summed E-state index contributed by atoms with van der Waals surface area (Å²) < 4.78 is 72.1. The molecular weight excluding hydrogens is 1020 g/mol. The molecule has 0 bridgehead atoms. The summed E-state index contributed by atoms with van der Waals surface area (Å²) >= 11 is 3.26. The highest BCUT2D eigenvalue weighted by Crippen LogP contribution is 2.27. The average Bonchev–Trinajstić information content (AvgIpc) is 3.41. The van der Waals surface area contributed by atoms with Gasteiger partial charge in [-0.15, -0.1) is 11.8 Å². The lowest BCUT2D eigenvalue weighted by molar-refractivity contribution is -0.124. The van der Waals surface area contributed by atoms with E-state index in [4.69, 9.17) is 23.7 Å². The molecule has 0 atom stereocenters. The molecule has 2 N–H and O–H groups in total. The number of fused-ring (bicyclic) bond motifs is 4. The van der Waals surface area contributed by atoms with Gasteiger partial charge in [-0.1, -0.05) is 81.0 Å². The number of thioether (sulfide) groups is 2. The van der Waals surface area contributed by atoms with Gasteiger partial charge >= 0.3 is 5.69 Å². The molecule has 5 aliphatic rings. The molecule has 9 heterocycles. The van der Waals surface area contributed by atoms with Crippen molar-refractivity contribution in [3.63, 3.8) is 0 Å². The number of H-pyrrole nitrogens is 2. The van der Waals surface area contributed by atoms with Gasteiger partial charge in [0, 0.05) is 79.1 Å². The van der Waals surface area contributed by atoms with Crippen molar-refractivity contribution in [3.05, 3.63) is 77.4 Å². The molecule has 0 aromatic carbocycles. The number of carbonyl (C=O) groups is 1. The molecule has 0 unspecified atom stereocenters. The Morgan fingerprint density at radius 3 is 1.42 bits per heavy atom. The normalized spacial score (nSPS) is 14.7. The second-order valence-corrected chi connectivity index (χ2v) is 19.8. The number of rotatable bonds is 4. The molecule has 20 nitrogen and oxygen atoms in total. The van der Waals surface area contributed by atoms with Crippen molar-refractivity contribution in [2.75, 3.05) is 64.7 Å². The summed E-state index contributed by atoms with van der Waals surface area (Å²) in [5, 5.41) is 1.23. The number of Topliss-reactive ketones (excluding diaryl/α,β-unsaturated/α-hetero) is 1. The van der Waals surface area contributed by atoms with Gasteiger partial charge in [0.2, 0.25) is 15.0 Å². The molecular formula is C49H82N8O12S4. The van der Waals surface area contributed by atoms with Crippen LogP contribution in [0.4, 0.5) is 0 Å². The highest BCUT2D eigenvalue weighted by Gasteiger charge is 2.27. The van der Waals surface area contributed by atoms with E-state index >= 15 is 0 Å². The first-order chi connectivity index (χ1) is 35.0. The molecule has 0 radical (unpaired) electrons. The number of ether oxygens (including phenoxy) is 5. The number of aryl methyl sites for hydroxylation is 2. The van der Waals surface area contributed by atoms with Gasteiger partial charge in [-0.05, 0) is 26.4 Å². The van der Waals surface area contributed by atoms with Crippen LogP contribution in [0.15, 0.2) is 30.0 Å². The maximum absolute atomic E-state index is 11.6. The van der Waals surface area contributed by atoms with Gasteiger partial charge in [0.05, 0.1) is 88.7 Å². The number of aromatic amines is 2. The fourth-order valence-electron chi connectivity index (χ4n) is 6.51. The lowest BCUT2D eigenvalue weighted by atomic mass is 10.1. The number of ketones is 1. The third-order valence-electron chi connectivity index (χ3n) is 9.65. The number of nitrogens with one attached hydrogen (secondary N) is 2. The zero-order valence-electron chi connectivity index (χ0n) is 46.0. The molecule has 4 aromatic heterocycles. The van der Waals surface area contributed by atoms with E-state index in [0.29, 0.717) is 100 Å². The van der Waals surface area contributed by atoms with Crippen LogP contribution in [-0.2, 0) is 100 Å². The first-order valence-electron chi connectivity index (χ1n) is 24.8. The quantitative estimate of drug-likeness (QED) is 0.117. The van der Waals surface area contributed by atoms with Crippen LogP contribution >= 0.6 is 23.5 Å². The number of hydrogen-bond acceptors (Lipinski definition) is 20. The van der Waals surface area contributed by atoms with Crippen molar-refractivity contribution < 1.29 is 45.3 Å². The molecule has 4 aromatic rings. The van der Waals surface area contributed by atoms with E-state index < -0.39 is 30.5 Å². The van der Waals surface area contributed by atoms with Crippen molar-refractivity contribution in [2.45, 2.75) is 168 Å². The van der Waals surface area contributed by atoms with Crippen LogP contribution in [0.1, 0.15) is 139 Å². The minimum atomic E-state index is -3.65. The van der Waals surface area contributed by atoms with E-state index in [1.54, 1.807) is 23.5 Å². The average molecular weight is 1100 g/mol. The second kappa shape index (κ2) is 37.7. The van der Waals surface area contributed by atoms with Gasteiger partial charge in [0.15, 0.2) is 20.0 Å². The Morgan fingerprint density at radius 1 is 0.479 bits per heavy atom. The highest BCUT2D eigenvalue weighted by molar-refractivity contribution is 7.99. The Kier molecular flexibility index (Phi) is 35.6. The number of hydrogen-bond donors (Lipinski definition) is 2. The topological polar surface area (TPSA) is 275 Å². The van der Waals surface area contributed by atoms with E-state index in [9.17, 15) is 31.2 Å². The van der Waals surface area contributed by atoms with E-state index in [2.05, 4.69) is 39.9 Å². The lowest BCUT2D eigenvalue weighted by Gasteiger charge is -2.18. The molecule has 0 amide bonds. The fraction of sp³-hybridized carbons (Fsp3) is 0.653. The minimum Gasteiger partial charge on any atom is -0.381 e. The summed E-state index contributed by atoms with van der Waals surface area (Å²) in [7, 11) is -7.27. The largest absolute Gasteiger partial charge is 0.381 e. The van der Waals surface area contributed by atoms with Crippen molar-refractivity contribution in [2.24, 2.45) is 0 Å². The van der Waals surface area contributed by atoms with Crippen molar-refractivity contribution in [1.82, 2.24) is 39.9 Å². The molecule has 0 spiro atoms. The van der Waals surface area contributed by atoms with Crippen LogP contribution in [0.2, 0.25) is 0 Å². The first-order valence-corrected chi connectivity index (χ1v) is 31.1. The number of sulfone groups is 2. The van der Waals surface area contributed by atoms with Gasteiger partial charge < -0.3 is 28.7 Å². The predicted molar refractivity (Wildman–Crippen MR) is 288 cm³/mol. The van der Waals surface area contributed by atoms with Crippen molar-refractivity contribution in [3.8, 4) is 0 Å². The third kappa shape index (κ3) is 23.6. The summed E-state index contributed by atoms with van der Waals surface area (Å²) in [6, 6.07) is 0. The predicted octanol–water partition coefficient (Wildman–Crippen LogP) is 7.15. The lowest BCUT2D eigenvalue weighted by Crippen LogP contribution is -2.31. The maximum Gasteiger partial charge on any atom is 0.325 e. The van der Waals surface area contributed by atoms with Gasteiger partial charge in [-0.3, -0.25) is 14.6 Å². The van der Waals surface area contributed by atoms with Crippen LogP contribution < -0.4 is 11.2 Å². The molecule has 24 heteroatoms. The second-order valence-electron chi connectivity index (χ2n) is 14.4. The van der Waals surface area contributed by atoms with Crippen LogP contribution in [-0.4, -0.2) is 127 Å². The SMILES string of the molecule is CC.CC.CC.CC.CC.CS(=O)(=O)c1nc2c(c(S(C)(=O)=O)n1)COCC2.CSc1nc2c(c(SC)n1)COCC2.Cc1nc(C)c2c(n1)CCOC2.O=C1CCOCC1.O=c1[nH]c2c(c(=O)[nH]1)COCC2. The van der Waals surface area contributed by atoms with E-state index in [1.165, 1.54) is 22.5 Å². The Hall–Kier alpha value is -4.01. The number of carbonyl (C=O) groups excluding carboxylic acids is 1. The molecule has 9 rings (SSSR count). The maximum atomic E-state index is 11.6. The fourth-order valence-corrected chi connectivity index (χ4v) is 9.02. The summed E-state index contributed by atoms with van der Waals surface area (Å²) in [5.41, 5.74) is 7.02. The summed E-state index contributed by atoms with van der Waals surface area (Å²) in [6.07, 6.45) is 10.1. The van der Waals surface area contributed by atoms with E-state index in [0.717, 1.165) is 60.3 Å². The van der Waals surface area contributed by atoms with Crippen LogP contribution in [0.3, 0.4) is 0 Å². The smallest absolute Gasteiger partial charge is 0.325 e. The summed E-state index contributed by atoms with van der Waals surface area (Å²) in [6.45, 7) is 29.5. The molecule has 5 aliphatic heterocycles. The first kappa shape index (κ1) is 69.0. The zero-order chi connectivity index (χ0) is 55.7. The van der Waals surface area contributed by atoms with Gasteiger partial charge in [-0.25, -0.2) is 51.5 Å². The minimum absolute atomic E-state index is 0.0851. The highest BCUT2D eigenvalue weighted by atomic mass is 32.2. The third-order valence-corrected chi connectivity index (χ3v) is 12.8. The molecule has 73 heavy (non-hydrogen) atoms. The van der Waals surface area contributed by atoms with E-state index in [1.807, 2.05) is 95.6 Å². The Bertz CT molecular complexity index is 2590. The zero-order valence-corrected chi connectivity index (χ0v) is 49.3. The van der Waals surface area contributed by atoms with Gasteiger partial charge in [0.25, 0.3) is 5.56 Å². The van der Waals surface area contributed by atoms with Crippen LogP contribution in [0.25, 0.3) is 0 Å². The van der Waals surface area contributed by atoms with Crippen molar-refractivity contribution >= 4 is 49.0 Å². The molecule has 0 aliphatic carbocycles. The summed E-state index contributed by atoms with van der Waals surface area (Å²) in [5.74, 6) is 1.21. The molecule has 0 saturated carbocycles. The monoisotopic (exact) mass is 1100 g/mol. The standard InChI is InChI=1S/C9H12N2O5S2.C9H12N2OS2.C9H12N2O.C7H8N2O3.C5H8O2.5C2H6/c1-17(12,13)8-6-5-16-4-3-7(6)10-9(11-8)18(2,14)15;1-13-8-6-5-12-4-3-7(6)10-9(11-8)14-2;1-6-8-5-12-4-3-9(8)11-7(2)10-6;10-6-4-3-12-2-1-5(4)8-7(11)9-6;6-5-1-3-7-4-2-5;5*1-2/h3-5H2,1-2H3;3-5H2,1-2H3;3-5H2,1-2H3;1-3H2,(H2,8,9,10,11);1-4H2;5*1-2H3. The molecule has 414 valence electrons. The van der Waals surface area contributed by atoms with E-state index in [-0.39, 0.29) is 17.2 Å². The van der Waals surface area contributed by atoms with Gasteiger partial charge in [0.1, 0.15) is 16.6 Å². The van der Waals surface area contributed by atoms with Crippen LogP contribution in [0.5, 0.6) is 0 Å². The number of aromatic nitrogens is 8. The van der Waals surface area contributed by atoms with Crippen molar-refractivity contribution in [1.29, 1.82) is 0 Å². The Morgan fingerprint density at radius 2 is 0.945 bits per heavy atom. The summed E-state index contributed by atoms with van der Waals surface area (Å²) in [4.78, 5) is 62.3. The Labute approximate surface area is 442 Å². The van der Waals surface area contributed by atoms with Gasteiger partial charge in [-0.2, -0.15) is 0 Å². The molecule has 1 saturated heterocycles. The van der Waals surface area contributed by atoms with Crippen LogP contribution in [0, 0.1) is 13.8 Å². The number of nitrogens with zero attached hydrogens (tertiary/aromatic N) is 6. The molecule has 1 fully saturated rings. The Balaban J connectivity index is 0.000000866.